The third-order valence-electron chi connectivity index (χ3n) is 2.62. The maximum atomic E-state index is 7.52. The topological polar surface area (TPSA) is 62.3 Å². The van der Waals surface area contributed by atoms with Crippen molar-refractivity contribution in [3.63, 3.8) is 0 Å². The van der Waals surface area contributed by atoms with Crippen molar-refractivity contribution in [2.75, 3.05) is 19.8 Å². The molecule has 0 aromatic heterocycles. The first-order valence-corrected chi connectivity index (χ1v) is 5.02. The monoisotopic (exact) mass is 205 g/mol. The molecule has 0 spiro atoms. The molecule has 0 bridgehead atoms. The molecule has 0 amide bonds. The van der Waals surface area contributed by atoms with E-state index in [0.29, 0.717) is 19.8 Å². The lowest BCUT2D eigenvalue weighted by Gasteiger charge is -2.36. The van der Waals surface area contributed by atoms with Gasteiger partial charge in [0.1, 0.15) is 0 Å². The fourth-order valence-electron chi connectivity index (χ4n) is 1.84. The summed E-state index contributed by atoms with van der Waals surface area (Å²) in [6, 6.07) is 10.1. The summed E-state index contributed by atoms with van der Waals surface area (Å²) < 4.78 is 5.42. The van der Waals surface area contributed by atoms with Gasteiger partial charge in [-0.3, -0.25) is 5.41 Å². The third kappa shape index (κ3) is 2.10. The molecule has 1 aromatic carbocycles. The number of nitrogens with one attached hydrogen (secondary N) is 1. The van der Waals surface area contributed by atoms with Crippen LogP contribution in [-0.4, -0.2) is 30.6 Å². The Balaban J connectivity index is 2.22. The van der Waals surface area contributed by atoms with Crippen LogP contribution in [0.25, 0.3) is 0 Å². The second-order valence-corrected chi connectivity index (χ2v) is 3.58. The third-order valence-corrected chi connectivity index (χ3v) is 2.62. The molecule has 15 heavy (non-hydrogen) atoms. The smallest absolute Gasteiger partial charge is 0.189 e. The molecule has 0 saturated carbocycles. The second-order valence-electron chi connectivity index (χ2n) is 3.58. The Morgan fingerprint density at radius 2 is 2.13 bits per heavy atom. The molecule has 2 rings (SSSR count). The molecule has 1 aliphatic heterocycles. The summed E-state index contributed by atoms with van der Waals surface area (Å²) >= 11 is 0. The number of nitrogens with two attached hydrogens (primary N) is 1. The van der Waals surface area contributed by atoms with Crippen LogP contribution < -0.4 is 5.73 Å². The summed E-state index contributed by atoms with van der Waals surface area (Å²) in [4.78, 5) is 1.87. The highest BCUT2D eigenvalue weighted by molar-refractivity contribution is 5.75. The molecule has 1 aliphatic rings. The Bertz CT molecular complexity index is 339. The van der Waals surface area contributed by atoms with Gasteiger partial charge in [0.2, 0.25) is 0 Å². The van der Waals surface area contributed by atoms with Crippen LogP contribution in [0, 0.1) is 5.41 Å². The van der Waals surface area contributed by atoms with Gasteiger partial charge >= 0.3 is 0 Å². The normalized spacial score (nSPS) is 21.3. The molecular weight excluding hydrogens is 190 g/mol. The van der Waals surface area contributed by atoms with Gasteiger partial charge in [-0.05, 0) is 5.56 Å². The highest BCUT2D eigenvalue weighted by Gasteiger charge is 2.24. The summed E-state index contributed by atoms with van der Waals surface area (Å²) in [7, 11) is 0. The fourth-order valence-corrected chi connectivity index (χ4v) is 1.84. The molecule has 3 N–H and O–H groups in total. The number of hydrogen-bond acceptors (Lipinski definition) is 2. The van der Waals surface area contributed by atoms with Gasteiger partial charge in [-0.15, -0.1) is 0 Å². The maximum Gasteiger partial charge on any atom is 0.189 e. The highest BCUT2D eigenvalue weighted by Crippen LogP contribution is 2.23. The first-order valence-electron chi connectivity index (χ1n) is 5.02. The van der Waals surface area contributed by atoms with E-state index in [1.54, 1.807) is 0 Å². The molecule has 80 valence electrons. The van der Waals surface area contributed by atoms with Crippen LogP contribution in [-0.2, 0) is 4.74 Å². The predicted molar refractivity (Wildman–Crippen MR) is 58.6 cm³/mol. The van der Waals surface area contributed by atoms with Gasteiger partial charge in [0.05, 0.1) is 19.3 Å². The van der Waals surface area contributed by atoms with Crippen LogP contribution in [0.1, 0.15) is 11.6 Å². The van der Waals surface area contributed by atoms with Crippen molar-refractivity contribution in [3.05, 3.63) is 35.9 Å². The summed E-state index contributed by atoms with van der Waals surface area (Å²) in [5, 5.41) is 7.52. The molecule has 1 fully saturated rings. The van der Waals surface area contributed by atoms with Gasteiger partial charge in [-0.1, -0.05) is 30.3 Å². The molecule has 4 nitrogen and oxygen atoms in total. The van der Waals surface area contributed by atoms with E-state index in [1.165, 1.54) is 0 Å². The van der Waals surface area contributed by atoms with Gasteiger partial charge in [0.15, 0.2) is 5.96 Å². The zero-order valence-corrected chi connectivity index (χ0v) is 8.52. The Morgan fingerprint density at radius 1 is 1.40 bits per heavy atom. The number of nitrogens with zero attached hydrogens (tertiary/aromatic N) is 1. The zero-order valence-electron chi connectivity index (χ0n) is 8.52. The standard InChI is InChI=1S/C11H15N3O/c12-11(13)14-6-7-15-8-10(14)9-4-2-1-3-5-9/h1-5,10H,6-8H2,(H3,12,13). The average molecular weight is 205 g/mol. The number of rotatable bonds is 1. The molecule has 4 heteroatoms. The Morgan fingerprint density at radius 3 is 2.80 bits per heavy atom. The number of hydrogen-bond donors (Lipinski definition) is 2. The second kappa shape index (κ2) is 4.31. The van der Waals surface area contributed by atoms with E-state index >= 15 is 0 Å². The summed E-state index contributed by atoms with van der Waals surface area (Å²) in [6.07, 6.45) is 0. The molecule has 1 aromatic rings. The lowest BCUT2D eigenvalue weighted by molar-refractivity contribution is 0.0248. The Hall–Kier alpha value is -1.55. The maximum absolute atomic E-state index is 7.52. The fraction of sp³-hybridized carbons (Fsp3) is 0.364. The van der Waals surface area contributed by atoms with Crippen LogP contribution in [0.4, 0.5) is 0 Å². The minimum absolute atomic E-state index is 0.0810. The van der Waals surface area contributed by atoms with Crippen molar-refractivity contribution in [1.82, 2.24) is 4.90 Å². The largest absolute Gasteiger partial charge is 0.377 e. The SMILES string of the molecule is N=C(N)N1CCOCC1c1ccccc1. The van der Waals surface area contributed by atoms with E-state index in [2.05, 4.69) is 0 Å². The van der Waals surface area contributed by atoms with E-state index in [9.17, 15) is 0 Å². The Labute approximate surface area is 89.1 Å². The van der Waals surface area contributed by atoms with Gasteiger partial charge in [-0.2, -0.15) is 0 Å². The summed E-state index contributed by atoms with van der Waals surface area (Å²) in [5.74, 6) is 0.118. The summed E-state index contributed by atoms with van der Waals surface area (Å²) in [5.41, 5.74) is 6.69. The van der Waals surface area contributed by atoms with Crippen molar-refractivity contribution in [2.24, 2.45) is 5.73 Å². The first kappa shape index (κ1) is 9.98. The van der Waals surface area contributed by atoms with Crippen molar-refractivity contribution < 1.29 is 4.74 Å². The van der Waals surface area contributed by atoms with Gasteiger partial charge in [-0.25, -0.2) is 0 Å². The van der Waals surface area contributed by atoms with Crippen LogP contribution in [0.15, 0.2) is 30.3 Å². The molecular formula is C11H15N3O. The van der Waals surface area contributed by atoms with E-state index in [-0.39, 0.29) is 12.0 Å². The van der Waals surface area contributed by atoms with Crippen LogP contribution in [0.2, 0.25) is 0 Å². The van der Waals surface area contributed by atoms with E-state index < -0.39 is 0 Å². The van der Waals surface area contributed by atoms with Gasteiger partial charge in [0, 0.05) is 6.54 Å². The van der Waals surface area contributed by atoms with E-state index in [1.807, 2.05) is 35.2 Å². The van der Waals surface area contributed by atoms with Crippen molar-refractivity contribution >= 4 is 5.96 Å². The van der Waals surface area contributed by atoms with Gasteiger partial charge in [0.25, 0.3) is 0 Å². The quantitative estimate of drug-likeness (QED) is 0.530. The van der Waals surface area contributed by atoms with Gasteiger partial charge < -0.3 is 15.4 Å². The molecule has 1 atom stereocenters. The van der Waals surface area contributed by atoms with Crippen molar-refractivity contribution in [3.8, 4) is 0 Å². The Kier molecular flexibility index (Phi) is 2.87. The van der Waals surface area contributed by atoms with Crippen LogP contribution in [0.5, 0.6) is 0 Å². The van der Waals surface area contributed by atoms with Crippen LogP contribution in [0.3, 0.4) is 0 Å². The predicted octanol–water partition coefficient (Wildman–Crippen LogP) is 0.953. The van der Waals surface area contributed by atoms with Crippen molar-refractivity contribution in [2.45, 2.75) is 6.04 Å². The first-order chi connectivity index (χ1) is 7.29. The molecule has 1 unspecified atom stereocenters. The molecule has 1 heterocycles. The minimum atomic E-state index is 0.0810. The average Bonchev–Trinajstić information content (AvgIpc) is 2.30. The minimum Gasteiger partial charge on any atom is -0.377 e. The zero-order chi connectivity index (χ0) is 10.7. The van der Waals surface area contributed by atoms with E-state index in [4.69, 9.17) is 15.9 Å². The van der Waals surface area contributed by atoms with Crippen molar-refractivity contribution in [1.29, 1.82) is 5.41 Å². The number of morpholine rings is 1. The number of ether oxygens (including phenoxy) is 1. The summed E-state index contributed by atoms with van der Waals surface area (Å²) in [6.45, 7) is 1.93. The lowest BCUT2D eigenvalue weighted by Crippen LogP contribution is -2.46. The lowest BCUT2D eigenvalue weighted by atomic mass is 10.1. The number of benzene rings is 1. The van der Waals surface area contributed by atoms with Crippen LogP contribution >= 0.6 is 0 Å². The molecule has 0 radical (unpaired) electrons. The molecule has 1 saturated heterocycles. The molecule has 0 aliphatic carbocycles. The highest BCUT2D eigenvalue weighted by atomic mass is 16.5. The van der Waals surface area contributed by atoms with E-state index in [0.717, 1.165) is 5.56 Å². The number of guanidine groups is 1.